The van der Waals surface area contributed by atoms with E-state index in [2.05, 4.69) is 26.5 Å². The van der Waals surface area contributed by atoms with Gasteiger partial charge in [0.05, 0.1) is 37.6 Å². The van der Waals surface area contributed by atoms with Crippen molar-refractivity contribution in [3.63, 3.8) is 0 Å². The number of carbonyl (C=O) groups excluding carboxylic acids is 1. The lowest BCUT2D eigenvalue weighted by molar-refractivity contribution is -0.384. The van der Waals surface area contributed by atoms with Gasteiger partial charge >= 0.3 is 0 Å². The van der Waals surface area contributed by atoms with Crippen LogP contribution in [0.1, 0.15) is 20.8 Å². The predicted molar refractivity (Wildman–Crippen MR) is 145 cm³/mol. The van der Waals surface area contributed by atoms with E-state index >= 15 is 0 Å². The Morgan fingerprint density at radius 3 is 2.69 bits per heavy atom. The molecule has 0 saturated heterocycles. The molecule has 36 heavy (non-hydrogen) atoms. The van der Waals surface area contributed by atoms with E-state index in [9.17, 15) is 14.9 Å². The maximum atomic E-state index is 12.5. The Labute approximate surface area is 227 Å². The molecule has 0 spiro atoms. The van der Waals surface area contributed by atoms with Gasteiger partial charge in [0.15, 0.2) is 11.5 Å². The normalized spacial score (nSPS) is 11.1. The Morgan fingerprint density at radius 2 is 1.97 bits per heavy atom. The van der Waals surface area contributed by atoms with Crippen molar-refractivity contribution < 1.29 is 19.2 Å². The lowest BCUT2D eigenvalue weighted by Gasteiger charge is -2.14. The van der Waals surface area contributed by atoms with Gasteiger partial charge in [-0.25, -0.2) is 5.43 Å². The third-order valence-electron chi connectivity index (χ3n) is 4.93. The number of thiophene rings is 1. The lowest BCUT2D eigenvalue weighted by Crippen LogP contribution is -2.16. The molecule has 0 atom stereocenters. The molecular weight excluding hydrogens is 593 g/mol. The molecule has 1 N–H and O–H groups in total. The molecule has 8 nitrogen and oxygen atoms in total. The van der Waals surface area contributed by atoms with Crippen molar-refractivity contribution in [3.8, 4) is 11.5 Å². The maximum Gasteiger partial charge on any atom is 0.281 e. The summed E-state index contributed by atoms with van der Waals surface area (Å²) in [5.74, 6) is 0.523. The highest BCUT2D eigenvalue weighted by Crippen LogP contribution is 2.37. The first-order valence-electron chi connectivity index (χ1n) is 10.2. The number of nitro benzene ring substituents is 1. The minimum absolute atomic E-state index is 0.0332. The molecule has 0 bridgehead atoms. The molecule has 1 aromatic heterocycles. The fourth-order valence-electron chi connectivity index (χ4n) is 3.22. The van der Waals surface area contributed by atoms with Crippen LogP contribution in [0.15, 0.2) is 64.2 Å². The number of hydrogen-bond acceptors (Lipinski definition) is 7. The van der Waals surface area contributed by atoms with Crippen LogP contribution in [0, 0.1) is 10.1 Å². The topological polar surface area (TPSA) is 103 Å². The average Bonchev–Trinajstić information content (AvgIpc) is 3.28. The van der Waals surface area contributed by atoms with Crippen LogP contribution in [0.4, 0.5) is 5.69 Å². The van der Waals surface area contributed by atoms with Crippen molar-refractivity contribution in [1.29, 1.82) is 0 Å². The van der Waals surface area contributed by atoms with Crippen LogP contribution in [0.25, 0.3) is 10.1 Å². The van der Waals surface area contributed by atoms with Crippen LogP contribution in [-0.2, 0) is 6.61 Å². The molecule has 4 rings (SSSR count). The maximum absolute atomic E-state index is 12.5. The second kappa shape index (κ2) is 11.3. The molecule has 0 aliphatic carbocycles. The number of hydrazone groups is 1. The number of amides is 1. The van der Waals surface area contributed by atoms with Crippen molar-refractivity contribution in [3.05, 3.63) is 95.2 Å². The number of nitrogens with zero attached hydrogens (tertiary/aromatic N) is 2. The molecule has 0 fully saturated rings. The summed E-state index contributed by atoms with van der Waals surface area (Å²) in [6, 6.07) is 14.8. The van der Waals surface area contributed by atoms with Crippen LogP contribution < -0.4 is 14.9 Å². The highest BCUT2D eigenvalue weighted by atomic mass is 79.9. The van der Waals surface area contributed by atoms with Crippen molar-refractivity contribution >= 4 is 78.4 Å². The number of hydrogen-bond donors (Lipinski definition) is 1. The molecule has 3 aromatic carbocycles. The number of methoxy groups -OCH3 is 1. The molecule has 0 aliphatic rings. The SMILES string of the molecule is COc1cc(/C=N\NC(=O)c2cc3cc([N+](=O)[O-])ccc3s2)cc(Br)c1OCc1ccc(Cl)c(Cl)c1. The van der Waals surface area contributed by atoms with Crippen LogP contribution in [-0.4, -0.2) is 24.2 Å². The number of rotatable bonds is 8. The van der Waals surface area contributed by atoms with Gasteiger partial charge in [0.25, 0.3) is 11.6 Å². The summed E-state index contributed by atoms with van der Waals surface area (Å²) < 4.78 is 12.8. The van der Waals surface area contributed by atoms with Crippen molar-refractivity contribution in [2.75, 3.05) is 7.11 Å². The molecule has 4 aromatic rings. The van der Waals surface area contributed by atoms with Gasteiger partial charge < -0.3 is 9.47 Å². The number of ether oxygens (including phenoxy) is 2. The molecule has 0 saturated carbocycles. The Kier molecular flexibility index (Phi) is 8.10. The summed E-state index contributed by atoms with van der Waals surface area (Å²) in [7, 11) is 1.52. The first-order valence-corrected chi connectivity index (χ1v) is 12.6. The van der Waals surface area contributed by atoms with Crippen LogP contribution >= 0.6 is 50.5 Å². The number of fused-ring (bicyclic) bond motifs is 1. The minimum Gasteiger partial charge on any atom is -0.493 e. The molecular formula is C24H16BrCl2N3O5S. The van der Waals surface area contributed by atoms with Crippen LogP contribution in [0.5, 0.6) is 11.5 Å². The number of nitro groups is 1. The Bertz CT molecular complexity index is 1510. The molecule has 0 unspecified atom stereocenters. The van der Waals surface area contributed by atoms with E-state index in [1.165, 1.54) is 36.8 Å². The highest BCUT2D eigenvalue weighted by molar-refractivity contribution is 9.10. The van der Waals surface area contributed by atoms with Gasteiger partial charge in [-0.1, -0.05) is 29.3 Å². The Morgan fingerprint density at radius 1 is 1.17 bits per heavy atom. The van der Waals surface area contributed by atoms with Gasteiger partial charge in [-0.2, -0.15) is 5.10 Å². The summed E-state index contributed by atoms with van der Waals surface area (Å²) in [6.45, 7) is 0.244. The van der Waals surface area contributed by atoms with Crippen molar-refractivity contribution in [2.24, 2.45) is 5.10 Å². The number of carbonyl (C=O) groups is 1. The third-order valence-corrected chi connectivity index (χ3v) is 7.38. The van der Waals surface area contributed by atoms with Gasteiger partial charge in [-0.3, -0.25) is 14.9 Å². The first kappa shape index (κ1) is 25.9. The fraction of sp³-hybridized carbons (Fsp3) is 0.0833. The predicted octanol–water partition coefficient (Wildman–Crippen LogP) is 7.23. The molecule has 1 heterocycles. The minimum atomic E-state index is -0.475. The summed E-state index contributed by atoms with van der Waals surface area (Å²) in [4.78, 5) is 23.4. The van der Waals surface area contributed by atoms with Gasteiger partial charge in [-0.15, -0.1) is 11.3 Å². The third kappa shape index (κ3) is 5.96. The monoisotopic (exact) mass is 607 g/mol. The second-order valence-electron chi connectivity index (χ2n) is 7.36. The van der Waals surface area contributed by atoms with Crippen molar-refractivity contribution in [2.45, 2.75) is 6.61 Å². The van der Waals surface area contributed by atoms with Crippen molar-refractivity contribution in [1.82, 2.24) is 5.43 Å². The second-order valence-corrected chi connectivity index (χ2v) is 10.1. The van der Waals surface area contributed by atoms with Gasteiger partial charge in [0, 0.05) is 22.2 Å². The number of halogens is 3. The molecule has 1 amide bonds. The summed E-state index contributed by atoms with van der Waals surface area (Å²) in [6.07, 6.45) is 1.46. The van der Waals surface area contributed by atoms with E-state index in [4.69, 9.17) is 32.7 Å². The van der Waals surface area contributed by atoms with E-state index in [1.807, 2.05) is 6.07 Å². The quantitative estimate of drug-likeness (QED) is 0.129. The zero-order valence-corrected chi connectivity index (χ0v) is 22.4. The Balaban J connectivity index is 1.44. The highest BCUT2D eigenvalue weighted by Gasteiger charge is 2.14. The zero-order chi connectivity index (χ0) is 25.8. The summed E-state index contributed by atoms with van der Waals surface area (Å²) in [5.41, 5.74) is 3.92. The van der Waals surface area contributed by atoms with Crippen LogP contribution in [0.3, 0.4) is 0 Å². The van der Waals surface area contributed by atoms with Gasteiger partial charge in [0.1, 0.15) is 6.61 Å². The summed E-state index contributed by atoms with van der Waals surface area (Å²) in [5, 5.41) is 16.5. The number of benzene rings is 3. The van der Waals surface area contributed by atoms with E-state index in [0.717, 1.165) is 10.3 Å². The molecule has 184 valence electrons. The zero-order valence-electron chi connectivity index (χ0n) is 18.5. The largest absolute Gasteiger partial charge is 0.493 e. The van der Waals surface area contributed by atoms with Crippen LogP contribution in [0.2, 0.25) is 10.0 Å². The average molecular weight is 609 g/mol. The number of nitrogens with one attached hydrogen (secondary N) is 1. The molecule has 0 aliphatic heterocycles. The summed E-state index contributed by atoms with van der Waals surface area (Å²) >= 11 is 16.7. The lowest BCUT2D eigenvalue weighted by atomic mass is 10.2. The van der Waals surface area contributed by atoms with Gasteiger partial charge in [-0.05, 0) is 63.5 Å². The molecule has 12 heteroatoms. The first-order chi connectivity index (χ1) is 17.2. The smallest absolute Gasteiger partial charge is 0.281 e. The van der Waals surface area contributed by atoms with E-state index in [1.54, 1.807) is 36.4 Å². The van der Waals surface area contributed by atoms with E-state index in [0.29, 0.717) is 41.8 Å². The Hall–Kier alpha value is -3.18. The fourth-order valence-corrected chi connectivity index (χ4v) is 5.04. The standard InChI is InChI=1S/C24H16BrCl2N3O5S/c1-34-20-8-14(6-17(25)23(20)35-12-13-2-4-18(26)19(27)7-13)11-28-29-24(31)22-10-15-9-16(30(32)33)3-5-21(15)36-22/h2-11H,12H2,1H3,(H,29,31)/b28-11-. The van der Waals surface area contributed by atoms with Gasteiger partial charge in [0.2, 0.25) is 0 Å². The van der Waals surface area contributed by atoms with E-state index < -0.39 is 10.8 Å². The van der Waals surface area contributed by atoms with E-state index in [-0.39, 0.29) is 12.3 Å². The number of non-ortho nitro benzene ring substituents is 1. The molecule has 0 radical (unpaired) electrons.